The van der Waals surface area contributed by atoms with Gasteiger partial charge in [0.2, 0.25) is 0 Å². The first kappa shape index (κ1) is 20.1. The number of aromatic hydroxyl groups is 1. The fraction of sp³-hybridized carbons (Fsp3) is 0.182. The monoisotopic (exact) mass is 424 g/mol. The van der Waals surface area contributed by atoms with Crippen molar-refractivity contribution in [1.82, 2.24) is 4.98 Å². The number of carbonyl (C=O) groups excluding carboxylic acids is 1. The Bertz CT molecular complexity index is 1290. The number of aliphatic imine (C=N–C) groups is 1. The lowest BCUT2D eigenvalue weighted by Crippen LogP contribution is -2.11. The second kappa shape index (κ2) is 6.65. The van der Waals surface area contributed by atoms with Gasteiger partial charge in [-0.25, -0.2) is 4.99 Å². The van der Waals surface area contributed by atoms with E-state index in [2.05, 4.69) is 30.7 Å². The number of carbonyl (C=O) groups is 1. The minimum atomic E-state index is -4.33. The molecule has 3 aromatic rings. The third kappa shape index (κ3) is 3.34. The van der Waals surface area contributed by atoms with Crippen molar-refractivity contribution in [3.8, 4) is 17.1 Å². The van der Waals surface area contributed by atoms with Gasteiger partial charge in [0, 0.05) is 5.56 Å². The minimum absolute atomic E-state index is 0.0192. The fourth-order valence-electron chi connectivity index (χ4n) is 3.49. The van der Waals surface area contributed by atoms with Crippen molar-refractivity contribution in [1.29, 1.82) is 0 Å². The van der Waals surface area contributed by atoms with Gasteiger partial charge in [0.1, 0.15) is 0 Å². The second-order valence-corrected chi connectivity index (χ2v) is 9.61. The van der Waals surface area contributed by atoms with E-state index in [1.165, 1.54) is 24.3 Å². The first-order valence-corrected chi connectivity index (χ1v) is 10.7. The molecule has 1 aromatic heterocycles. The minimum Gasteiger partial charge on any atom is -0.494 e. The lowest BCUT2D eigenvalue weighted by atomic mass is 9.86. The zero-order valence-electron chi connectivity index (χ0n) is 16.6. The third-order valence-corrected chi connectivity index (χ3v) is 5.98. The van der Waals surface area contributed by atoms with E-state index in [0.29, 0.717) is 28.1 Å². The van der Waals surface area contributed by atoms with Crippen molar-refractivity contribution in [2.45, 2.75) is 31.1 Å². The average molecular weight is 424 g/mol. The summed E-state index contributed by atoms with van der Waals surface area (Å²) >= 11 is 0. The van der Waals surface area contributed by atoms with Gasteiger partial charge in [-0.05, 0) is 28.7 Å². The van der Waals surface area contributed by atoms with Crippen LogP contribution in [-0.4, -0.2) is 34.7 Å². The standard InChI is InChI=1S/C22H20N2O5S/c1-22(2,3)14-8-4-12(5-9-14)18-16-17(21(26)23-18)19(24-20(16)25)13-6-10-15(11-7-13)30(27,28)29/h4-11,24-25H,1-3H3,(H,27,28,29). The Morgan fingerprint density at radius 3 is 2.00 bits per heavy atom. The predicted molar refractivity (Wildman–Crippen MR) is 113 cm³/mol. The topological polar surface area (TPSA) is 120 Å². The number of hydrogen-bond donors (Lipinski definition) is 3. The largest absolute Gasteiger partial charge is 0.494 e. The van der Waals surface area contributed by atoms with Gasteiger partial charge in [0.05, 0.1) is 27.4 Å². The van der Waals surface area contributed by atoms with Crippen LogP contribution in [0.2, 0.25) is 0 Å². The van der Waals surface area contributed by atoms with Gasteiger partial charge in [-0.3, -0.25) is 9.35 Å². The van der Waals surface area contributed by atoms with Crippen molar-refractivity contribution >= 4 is 21.7 Å². The molecule has 2 heterocycles. The molecule has 1 aliphatic heterocycles. The van der Waals surface area contributed by atoms with Gasteiger partial charge >= 0.3 is 0 Å². The quantitative estimate of drug-likeness (QED) is 0.551. The number of amides is 1. The van der Waals surface area contributed by atoms with E-state index >= 15 is 0 Å². The average Bonchev–Trinajstić information content (AvgIpc) is 3.19. The Morgan fingerprint density at radius 2 is 1.47 bits per heavy atom. The van der Waals surface area contributed by atoms with Crippen LogP contribution in [0, 0.1) is 0 Å². The van der Waals surface area contributed by atoms with E-state index in [9.17, 15) is 18.3 Å². The zero-order valence-corrected chi connectivity index (χ0v) is 17.4. The molecule has 0 radical (unpaired) electrons. The van der Waals surface area contributed by atoms with Crippen molar-refractivity contribution in [2.75, 3.05) is 0 Å². The van der Waals surface area contributed by atoms with E-state index in [1.807, 2.05) is 24.3 Å². The third-order valence-electron chi connectivity index (χ3n) is 5.11. The number of benzene rings is 2. The fourth-order valence-corrected chi connectivity index (χ4v) is 3.97. The van der Waals surface area contributed by atoms with Crippen LogP contribution in [0.15, 0.2) is 58.4 Å². The molecule has 0 unspecified atom stereocenters. The molecular weight excluding hydrogens is 404 g/mol. The van der Waals surface area contributed by atoms with Gasteiger partial charge in [-0.2, -0.15) is 8.42 Å². The molecule has 4 rings (SSSR count). The molecular formula is C22H20N2O5S. The van der Waals surface area contributed by atoms with E-state index in [0.717, 1.165) is 5.56 Å². The lowest BCUT2D eigenvalue weighted by Gasteiger charge is -2.19. The second-order valence-electron chi connectivity index (χ2n) is 8.19. The predicted octanol–water partition coefficient (Wildman–Crippen LogP) is 3.92. The number of aromatic nitrogens is 1. The van der Waals surface area contributed by atoms with Gasteiger partial charge < -0.3 is 10.1 Å². The molecule has 8 heteroatoms. The summed E-state index contributed by atoms with van der Waals surface area (Å²) in [6.45, 7) is 6.32. The lowest BCUT2D eigenvalue weighted by molar-refractivity contribution is 0.101. The van der Waals surface area contributed by atoms with Crippen LogP contribution < -0.4 is 0 Å². The summed E-state index contributed by atoms with van der Waals surface area (Å²) in [4.78, 5) is 19.3. The maximum Gasteiger partial charge on any atom is 0.294 e. The molecule has 0 bridgehead atoms. The van der Waals surface area contributed by atoms with Crippen LogP contribution in [0.4, 0.5) is 0 Å². The summed E-state index contributed by atoms with van der Waals surface area (Å²) in [5.74, 6) is -0.686. The highest BCUT2D eigenvalue weighted by Crippen LogP contribution is 2.38. The summed E-state index contributed by atoms with van der Waals surface area (Å²) in [6.07, 6.45) is 0. The Hall–Kier alpha value is -3.23. The molecule has 0 saturated carbocycles. The Kier molecular flexibility index (Phi) is 4.44. The molecule has 0 saturated heterocycles. The van der Waals surface area contributed by atoms with Crippen LogP contribution >= 0.6 is 0 Å². The van der Waals surface area contributed by atoms with Crippen molar-refractivity contribution in [2.24, 2.45) is 4.99 Å². The summed E-state index contributed by atoms with van der Waals surface area (Å²) < 4.78 is 31.6. The molecule has 1 aliphatic rings. The van der Waals surface area contributed by atoms with Gasteiger partial charge in [0.25, 0.3) is 16.0 Å². The highest BCUT2D eigenvalue weighted by atomic mass is 32.2. The molecule has 0 fully saturated rings. The van der Waals surface area contributed by atoms with Gasteiger partial charge in [-0.15, -0.1) is 0 Å². The number of H-pyrrole nitrogens is 1. The summed E-state index contributed by atoms with van der Waals surface area (Å²) in [5, 5.41) is 10.5. The van der Waals surface area contributed by atoms with Crippen LogP contribution in [0.25, 0.3) is 11.3 Å². The van der Waals surface area contributed by atoms with Gasteiger partial charge in [0.15, 0.2) is 5.88 Å². The number of rotatable bonds is 3. The highest BCUT2D eigenvalue weighted by molar-refractivity contribution is 7.85. The van der Waals surface area contributed by atoms with Gasteiger partial charge in [-0.1, -0.05) is 57.2 Å². The Labute approximate surface area is 173 Å². The molecule has 1 amide bonds. The number of fused-ring (bicyclic) bond motifs is 1. The number of hydrogen-bond acceptors (Lipinski definition) is 4. The smallest absolute Gasteiger partial charge is 0.294 e. The van der Waals surface area contributed by atoms with Crippen LogP contribution in [0.1, 0.15) is 47.8 Å². The summed E-state index contributed by atoms with van der Waals surface area (Å²) in [5.41, 5.74) is 3.55. The zero-order chi connectivity index (χ0) is 21.8. The Balaban J connectivity index is 1.77. The summed E-state index contributed by atoms with van der Waals surface area (Å²) in [6, 6.07) is 13.0. The number of aromatic amines is 1. The van der Waals surface area contributed by atoms with Crippen molar-refractivity contribution < 1.29 is 22.9 Å². The molecule has 7 nitrogen and oxygen atoms in total. The van der Waals surface area contributed by atoms with Crippen molar-refractivity contribution in [3.63, 3.8) is 0 Å². The normalized spacial score (nSPS) is 14.0. The maximum atomic E-state index is 12.7. The molecule has 0 atom stereocenters. The Morgan fingerprint density at radius 1 is 0.900 bits per heavy atom. The first-order chi connectivity index (χ1) is 14.0. The molecule has 154 valence electrons. The van der Waals surface area contributed by atoms with Crippen LogP contribution in [0.3, 0.4) is 0 Å². The maximum absolute atomic E-state index is 12.7. The van der Waals surface area contributed by atoms with Crippen molar-refractivity contribution in [3.05, 3.63) is 70.8 Å². The highest BCUT2D eigenvalue weighted by Gasteiger charge is 2.33. The molecule has 3 N–H and O–H groups in total. The molecule has 0 spiro atoms. The molecule has 2 aromatic carbocycles. The van der Waals surface area contributed by atoms with E-state index in [1.54, 1.807) is 0 Å². The van der Waals surface area contributed by atoms with E-state index in [4.69, 9.17) is 4.55 Å². The number of nitrogens with zero attached hydrogens (tertiary/aromatic N) is 1. The van der Waals surface area contributed by atoms with Crippen LogP contribution in [0.5, 0.6) is 5.88 Å². The molecule has 0 aliphatic carbocycles. The first-order valence-electron chi connectivity index (χ1n) is 9.24. The SMILES string of the molecule is CC(C)(C)c1ccc(C2=NC(=O)c3c(-c4ccc(S(=O)(=O)O)cc4)[nH]c(O)c32)cc1. The van der Waals surface area contributed by atoms with E-state index in [-0.39, 0.29) is 21.8 Å². The number of nitrogens with one attached hydrogen (secondary N) is 1. The summed E-state index contributed by atoms with van der Waals surface area (Å²) in [7, 11) is -4.33. The van der Waals surface area contributed by atoms with Crippen LogP contribution in [-0.2, 0) is 15.5 Å². The van der Waals surface area contributed by atoms with E-state index < -0.39 is 16.0 Å². The molecule has 30 heavy (non-hydrogen) atoms.